The Kier molecular flexibility index (Phi) is 6.00. The van der Waals surface area contributed by atoms with E-state index in [4.69, 9.17) is 9.15 Å². The molecule has 5 nitrogen and oxygen atoms in total. The molecule has 34 heavy (non-hydrogen) atoms. The predicted molar refractivity (Wildman–Crippen MR) is 137 cm³/mol. The van der Waals surface area contributed by atoms with E-state index < -0.39 is 6.04 Å². The minimum atomic E-state index is -0.602. The first-order valence-electron chi connectivity index (χ1n) is 11.4. The molecule has 172 valence electrons. The molecule has 2 heterocycles. The quantitative estimate of drug-likeness (QED) is 0.264. The van der Waals surface area contributed by atoms with Crippen molar-refractivity contribution in [2.75, 3.05) is 11.5 Å². The Labute approximate surface area is 206 Å². The number of amides is 1. The number of hydrogen-bond acceptors (Lipinski definition) is 4. The van der Waals surface area contributed by atoms with Crippen LogP contribution in [0.1, 0.15) is 53.1 Å². The Morgan fingerprint density at radius 3 is 2.44 bits per heavy atom. The molecule has 1 atom stereocenters. The van der Waals surface area contributed by atoms with Crippen molar-refractivity contribution in [1.29, 1.82) is 0 Å². The van der Waals surface area contributed by atoms with Crippen molar-refractivity contribution < 1.29 is 13.9 Å². The molecule has 6 heteroatoms. The van der Waals surface area contributed by atoms with Gasteiger partial charge in [0.2, 0.25) is 5.76 Å². The minimum absolute atomic E-state index is 0.0914. The zero-order valence-corrected chi connectivity index (χ0v) is 20.6. The van der Waals surface area contributed by atoms with Crippen LogP contribution in [0.4, 0.5) is 5.69 Å². The van der Waals surface area contributed by atoms with E-state index in [0.717, 1.165) is 34.2 Å². The monoisotopic (exact) mass is 517 g/mol. The van der Waals surface area contributed by atoms with Crippen LogP contribution in [0, 0.1) is 6.92 Å². The maximum Gasteiger partial charge on any atom is 0.295 e. The molecule has 1 aliphatic rings. The van der Waals surface area contributed by atoms with Crippen LogP contribution in [-0.4, -0.2) is 12.5 Å². The van der Waals surface area contributed by atoms with Gasteiger partial charge >= 0.3 is 0 Å². The van der Waals surface area contributed by atoms with Gasteiger partial charge < -0.3 is 9.15 Å². The Morgan fingerprint density at radius 1 is 1.00 bits per heavy atom. The van der Waals surface area contributed by atoms with E-state index in [2.05, 4.69) is 22.9 Å². The number of rotatable bonds is 6. The Hall–Kier alpha value is -3.38. The summed E-state index contributed by atoms with van der Waals surface area (Å²) in [6.07, 6.45) is 2.04. The van der Waals surface area contributed by atoms with Crippen LogP contribution < -0.4 is 15.1 Å². The molecule has 0 N–H and O–H groups in total. The average molecular weight is 518 g/mol. The van der Waals surface area contributed by atoms with Crippen LogP contribution >= 0.6 is 15.9 Å². The molecule has 1 unspecified atom stereocenters. The van der Waals surface area contributed by atoms with Gasteiger partial charge in [-0.2, -0.15) is 0 Å². The largest absolute Gasteiger partial charge is 0.494 e. The number of aryl methyl sites for hydroxylation is 1. The summed E-state index contributed by atoms with van der Waals surface area (Å²) < 4.78 is 12.6. The molecule has 0 aliphatic carbocycles. The van der Waals surface area contributed by atoms with Crippen molar-refractivity contribution in [2.24, 2.45) is 0 Å². The van der Waals surface area contributed by atoms with E-state index in [1.807, 2.05) is 55.5 Å². The van der Waals surface area contributed by atoms with Gasteiger partial charge in [-0.25, -0.2) is 0 Å². The summed E-state index contributed by atoms with van der Waals surface area (Å²) in [5, 5.41) is 0.441. The van der Waals surface area contributed by atoms with E-state index in [9.17, 15) is 9.59 Å². The van der Waals surface area contributed by atoms with Gasteiger partial charge in [-0.1, -0.05) is 59.1 Å². The van der Waals surface area contributed by atoms with Gasteiger partial charge in [0.1, 0.15) is 11.3 Å². The number of nitrogens with zero attached hydrogens (tertiary/aromatic N) is 1. The summed E-state index contributed by atoms with van der Waals surface area (Å²) in [7, 11) is 0. The summed E-state index contributed by atoms with van der Waals surface area (Å²) >= 11 is 3.44. The molecule has 0 saturated heterocycles. The molecule has 1 amide bonds. The molecule has 3 aromatic carbocycles. The zero-order valence-electron chi connectivity index (χ0n) is 19.0. The smallest absolute Gasteiger partial charge is 0.295 e. The highest BCUT2D eigenvalue weighted by molar-refractivity contribution is 9.10. The number of ether oxygens (including phenoxy) is 1. The van der Waals surface area contributed by atoms with Crippen molar-refractivity contribution in [3.05, 3.63) is 104 Å². The van der Waals surface area contributed by atoms with Crippen molar-refractivity contribution in [3.63, 3.8) is 0 Å². The summed E-state index contributed by atoms with van der Waals surface area (Å²) in [4.78, 5) is 29.0. The van der Waals surface area contributed by atoms with Crippen LogP contribution in [0.3, 0.4) is 0 Å². The Bertz CT molecular complexity index is 1420. The fraction of sp³-hybridized carbons (Fsp3) is 0.214. The molecule has 0 bridgehead atoms. The van der Waals surface area contributed by atoms with Gasteiger partial charge in [-0.05, 0) is 61.4 Å². The second-order valence-electron chi connectivity index (χ2n) is 8.50. The molecule has 0 radical (unpaired) electrons. The maximum absolute atomic E-state index is 13.7. The fourth-order valence-corrected chi connectivity index (χ4v) is 4.67. The maximum atomic E-state index is 13.7. The second kappa shape index (κ2) is 9.11. The van der Waals surface area contributed by atoms with E-state index in [0.29, 0.717) is 28.8 Å². The molecule has 5 rings (SSSR count). The van der Waals surface area contributed by atoms with E-state index in [1.165, 1.54) is 0 Å². The highest BCUT2D eigenvalue weighted by Crippen LogP contribution is 2.41. The summed E-state index contributed by atoms with van der Waals surface area (Å²) in [6, 6.07) is 20.0. The topological polar surface area (TPSA) is 59.8 Å². The lowest BCUT2D eigenvalue weighted by Crippen LogP contribution is -2.29. The van der Waals surface area contributed by atoms with Gasteiger partial charge in [0, 0.05) is 10.2 Å². The molecule has 4 aromatic rings. The van der Waals surface area contributed by atoms with Gasteiger partial charge in [0.15, 0.2) is 5.43 Å². The third-order valence-corrected chi connectivity index (χ3v) is 6.60. The van der Waals surface area contributed by atoms with E-state index in [1.54, 1.807) is 23.1 Å². The number of halogens is 1. The SMILES string of the molecule is CCCCOc1ccc(C2c3c(oc4ccc(Br)cc4c3=O)C(=O)N2c2ccc(C)cc2)cc1. The summed E-state index contributed by atoms with van der Waals surface area (Å²) in [5.41, 5.74) is 3.16. The first-order valence-corrected chi connectivity index (χ1v) is 12.2. The van der Waals surface area contributed by atoms with Crippen molar-refractivity contribution in [2.45, 2.75) is 32.7 Å². The van der Waals surface area contributed by atoms with Crippen molar-refractivity contribution >= 4 is 38.5 Å². The standard InChI is InChI=1S/C28H24BrNO4/c1-3-4-15-33-21-12-7-18(8-13-21)25-24-26(31)22-16-19(29)9-14-23(22)34-27(24)28(32)30(25)20-10-5-17(2)6-11-20/h5-14,16,25H,3-4,15H2,1-2H3. The zero-order chi connectivity index (χ0) is 23.8. The number of unbranched alkanes of at least 4 members (excludes halogenated alkanes) is 1. The van der Waals surface area contributed by atoms with E-state index in [-0.39, 0.29) is 17.1 Å². The third kappa shape index (κ3) is 3.92. The highest BCUT2D eigenvalue weighted by atomic mass is 79.9. The van der Waals surface area contributed by atoms with Crippen LogP contribution in [0.5, 0.6) is 5.75 Å². The average Bonchev–Trinajstić information content (AvgIpc) is 3.13. The normalized spacial score (nSPS) is 15.1. The first kappa shape index (κ1) is 22.4. The number of carbonyl (C=O) groups is 1. The number of hydrogen-bond donors (Lipinski definition) is 0. The molecule has 0 spiro atoms. The van der Waals surface area contributed by atoms with Gasteiger partial charge in [-0.3, -0.25) is 14.5 Å². The molecule has 1 aromatic heterocycles. The second-order valence-corrected chi connectivity index (χ2v) is 9.41. The Morgan fingerprint density at radius 2 is 1.74 bits per heavy atom. The number of anilines is 1. The first-order chi connectivity index (χ1) is 16.5. The predicted octanol–water partition coefficient (Wildman–Crippen LogP) is 6.79. The van der Waals surface area contributed by atoms with Crippen LogP contribution in [-0.2, 0) is 0 Å². The number of benzene rings is 3. The Balaban J connectivity index is 1.67. The number of carbonyl (C=O) groups excluding carboxylic acids is 1. The van der Waals surface area contributed by atoms with Crippen LogP contribution in [0.25, 0.3) is 11.0 Å². The molecule has 0 saturated carbocycles. The summed E-state index contributed by atoms with van der Waals surface area (Å²) in [6.45, 7) is 4.77. The molecular formula is C28H24BrNO4. The van der Waals surface area contributed by atoms with Crippen molar-refractivity contribution in [3.8, 4) is 5.75 Å². The van der Waals surface area contributed by atoms with Gasteiger partial charge in [0.05, 0.1) is 23.6 Å². The third-order valence-electron chi connectivity index (χ3n) is 6.11. The number of fused-ring (bicyclic) bond motifs is 2. The van der Waals surface area contributed by atoms with Crippen LogP contribution in [0.2, 0.25) is 0 Å². The van der Waals surface area contributed by atoms with E-state index >= 15 is 0 Å². The molecular weight excluding hydrogens is 494 g/mol. The fourth-order valence-electron chi connectivity index (χ4n) is 4.31. The lowest BCUT2D eigenvalue weighted by molar-refractivity contribution is 0.0971. The summed E-state index contributed by atoms with van der Waals surface area (Å²) in [5.74, 6) is 0.529. The van der Waals surface area contributed by atoms with Gasteiger partial charge in [-0.15, -0.1) is 0 Å². The van der Waals surface area contributed by atoms with Crippen molar-refractivity contribution in [1.82, 2.24) is 0 Å². The lowest BCUT2D eigenvalue weighted by atomic mass is 9.98. The van der Waals surface area contributed by atoms with Gasteiger partial charge in [0.25, 0.3) is 5.91 Å². The molecule has 0 fully saturated rings. The molecule has 1 aliphatic heterocycles. The lowest BCUT2D eigenvalue weighted by Gasteiger charge is -2.25. The van der Waals surface area contributed by atoms with Crippen LogP contribution in [0.15, 0.2) is 80.4 Å². The highest BCUT2D eigenvalue weighted by Gasteiger charge is 2.43. The minimum Gasteiger partial charge on any atom is -0.494 e.